The lowest BCUT2D eigenvalue weighted by Gasteiger charge is -2.31. The number of para-hydroxylation sites is 1. The maximum absolute atomic E-state index is 13.6. The monoisotopic (exact) mass is 368 g/mol. The van der Waals surface area contributed by atoms with Gasteiger partial charge in [-0.2, -0.15) is 11.3 Å². The van der Waals surface area contributed by atoms with Gasteiger partial charge in [0.15, 0.2) is 0 Å². The number of ether oxygens (including phenoxy) is 1. The number of nitrogens with zero attached hydrogens (tertiary/aromatic N) is 1. The molecule has 0 bridgehead atoms. The molecule has 1 N–H and O–H groups in total. The van der Waals surface area contributed by atoms with E-state index in [0.717, 1.165) is 37.4 Å². The van der Waals surface area contributed by atoms with Crippen molar-refractivity contribution < 1.29 is 9.53 Å². The second kappa shape index (κ2) is 6.39. The van der Waals surface area contributed by atoms with Gasteiger partial charge in [0, 0.05) is 18.2 Å². The summed E-state index contributed by atoms with van der Waals surface area (Å²) in [7, 11) is 0. The number of hydrogen-bond acceptors (Lipinski definition) is 4. The second-order valence-electron chi connectivity index (χ2n) is 7.83. The molecule has 5 heteroatoms. The van der Waals surface area contributed by atoms with Crippen molar-refractivity contribution in [3.05, 3.63) is 52.2 Å². The van der Waals surface area contributed by atoms with E-state index in [2.05, 4.69) is 27.0 Å². The van der Waals surface area contributed by atoms with E-state index >= 15 is 0 Å². The van der Waals surface area contributed by atoms with Gasteiger partial charge >= 0.3 is 0 Å². The number of carbonyl (C=O) groups excluding carboxylic acids is 1. The summed E-state index contributed by atoms with van der Waals surface area (Å²) in [4.78, 5) is 15.7. The molecule has 136 valence electrons. The van der Waals surface area contributed by atoms with Gasteiger partial charge in [0.05, 0.1) is 0 Å². The second-order valence-corrected chi connectivity index (χ2v) is 8.61. The van der Waals surface area contributed by atoms with Gasteiger partial charge in [0.1, 0.15) is 18.3 Å². The molecule has 3 aliphatic rings. The van der Waals surface area contributed by atoms with Gasteiger partial charge in [-0.1, -0.05) is 18.2 Å². The highest BCUT2D eigenvalue weighted by Gasteiger charge is 2.58. The van der Waals surface area contributed by atoms with Crippen molar-refractivity contribution in [2.24, 2.45) is 5.41 Å². The quantitative estimate of drug-likeness (QED) is 0.899. The molecular weight excluding hydrogens is 344 g/mol. The van der Waals surface area contributed by atoms with Gasteiger partial charge in [0.2, 0.25) is 5.91 Å². The van der Waals surface area contributed by atoms with E-state index < -0.39 is 0 Å². The smallest absolute Gasteiger partial charge is 0.234 e. The Hall–Kier alpha value is -1.85. The molecule has 1 amide bonds. The first-order valence-electron chi connectivity index (χ1n) is 9.51. The van der Waals surface area contributed by atoms with E-state index in [-0.39, 0.29) is 11.8 Å². The van der Waals surface area contributed by atoms with Gasteiger partial charge in [-0.15, -0.1) is 0 Å². The third-order valence-corrected chi connectivity index (χ3v) is 7.07. The average molecular weight is 369 g/mol. The number of thiophene rings is 1. The highest BCUT2D eigenvalue weighted by Crippen LogP contribution is 2.56. The van der Waals surface area contributed by atoms with Crippen molar-refractivity contribution in [1.82, 2.24) is 10.2 Å². The summed E-state index contributed by atoms with van der Waals surface area (Å²) in [6, 6.07) is 10.5. The Morgan fingerprint density at radius 3 is 2.92 bits per heavy atom. The van der Waals surface area contributed by atoms with Crippen LogP contribution in [0.15, 0.2) is 41.1 Å². The summed E-state index contributed by atoms with van der Waals surface area (Å²) in [5, 5.41) is 7.72. The minimum Gasteiger partial charge on any atom is -0.492 e. The van der Waals surface area contributed by atoms with Crippen LogP contribution in [0.1, 0.15) is 36.3 Å². The topological polar surface area (TPSA) is 41.6 Å². The van der Waals surface area contributed by atoms with Crippen molar-refractivity contribution in [2.75, 3.05) is 19.7 Å². The lowest BCUT2D eigenvalue weighted by atomic mass is 9.92. The van der Waals surface area contributed by atoms with Gasteiger partial charge in [0.25, 0.3) is 0 Å². The minimum absolute atomic E-state index is 0.163. The molecule has 0 radical (unpaired) electrons. The highest BCUT2D eigenvalue weighted by atomic mass is 32.1. The predicted octanol–water partition coefficient (Wildman–Crippen LogP) is 3.40. The van der Waals surface area contributed by atoms with E-state index in [1.165, 1.54) is 18.4 Å². The van der Waals surface area contributed by atoms with Crippen molar-refractivity contribution in [2.45, 2.75) is 37.8 Å². The molecule has 26 heavy (non-hydrogen) atoms. The molecular formula is C21H24N2O2S. The third-order valence-electron chi connectivity index (χ3n) is 6.34. The molecule has 5 rings (SSSR count). The van der Waals surface area contributed by atoms with Crippen LogP contribution in [0.25, 0.3) is 0 Å². The van der Waals surface area contributed by atoms with Crippen LogP contribution in [-0.4, -0.2) is 36.5 Å². The minimum atomic E-state index is -0.163. The third kappa shape index (κ3) is 2.74. The molecule has 1 spiro atoms. The van der Waals surface area contributed by atoms with Crippen molar-refractivity contribution >= 4 is 17.2 Å². The Morgan fingerprint density at radius 1 is 1.27 bits per heavy atom. The van der Waals surface area contributed by atoms with E-state index in [4.69, 9.17) is 4.74 Å². The number of benzene rings is 1. The Balaban J connectivity index is 1.42. The Morgan fingerprint density at radius 2 is 2.12 bits per heavy atom. The summed E-state index contributed by atoms with van der Waals surface area (Å²) in [6.45, 7) is 3.35. The summed E-state index contributed by atoms with van der Waals surface area (Å²) in [6.07, 6.45) is 3.52. The van der Waals surface area contributed by atoms with Crippen molar-refractivity contribution in [3.8, 4) is 5.75 Å². The molecule has 2 aromatic rings. The van der Waals surface area contributed by atoms with Gasteiger partial charge < -0.3 is 15.0 Å². The largest absolute Gasteiger partial charge is 0.492 e. The first-order chi connectivity index (χ1) is 12.8. The predicted molar refractivity (Wildman–Crippen MR) is 102 cm³/mol. The van der Waals surface area contributed by atoms with E-state index in [0.29, 0.717) is 18.1 Å². The molecule has 2 atom stereocenters. The summed E-state index contributed by atoms with van der Waals surface area (Å²) < 4.78 is 5.80. The van der Waals surface area contributed by atoms with Crippen LogP contribution in [-0.2, 0) is 11.3 Å². The zero-order chi connectivity index (χ0) is 17.6. The maximum atomic E-state index is 13.6. The van der Waals surface area contributed by atoms with Gasteiger partial charge in [-0.3, -0.25) is 4.79 Å². The molecule has 3 heterocycles. The molecule has 2 aliphatic heterocycles. The van der Waals surface area contributed by atoms with Crippen LogP contribution in [0.4, 0.5) is 0 Å². The van der Waals surface area contributed by atoms with Crippen molar-refractivity contribution in [3.63, 3.8) is 0 Å². The Labute approximate surface area is 158 Å². The van der Waals surface area contributed by atoms with Crippen LogP contribution in [0.3, 0.4) is 0 Å². The Kier molecular flexibility index (Phi) is 4.02. The molecule has 1 aliphatic carbocycles. The Bertz CT molecular complexity index is 798. The molecule has 2 fully saturated rings. The fourth-order valence-corrected chi connectivity index (χ4v) is 5.38. The lowest BCUT2D eigenvalue weighted by Crippen LogP contribution is -2.41. The number of carbonyl (C=O) groups is 1. The fourth-order valence-electron chi connectivity index (χ4n) is 4.72. The first kappa shape index (κ1) is 16.3. The number of amides is 1. The number of hydrogen-bond donors (Lipinski definition) is 1. The summed E-state index contributed by atoms with van der Waals surface area (Å²) in [5.41, 5.74) is 2.63. The van der Waals surface area contributed by atoms with Gasteiger partial charge in [-0.25, -0.2) is 0 Å². The summed E-state index contributed by atoms with van der Waals surface area (Å²) in [5.74, 6) is 0.944. The van der Waals surface area contributed by atoms with E-state index in [1.54, 1.807) is 11.3 Å². The van der Waals surface area contributed by atoms with Crippen LogP contribution >= 0.6 is 11.3 Å². The summed E-state index contributed by atoms with van der Waals surface area (Å²) >= 11 is 1.70. The number of fused-ring (bicyclic) bond motifs is 1. The number of piperidine rings is 1. The normalized spacial score (nSPS) is 25.5. The first-order valence-corrected chi connectivity index (χ1v) is 10.5. The standard InChI is InChI=1S/C21H24N2O2S/c24-20(17-13-25-18-4-2-1-3-16(17)18)23(12-15-5-10-26-14-15)19-11-21(19)6-8-22-9-7-21/h1-5,10,14,17,19,22H,6-9,11-13H2. The molecule has 1 saturated carbocycles. The average Bonchev–Trinajstić information content (AvgIpc) is 3.08. The molecule has 1 aromatic heterocycles. The number of nitrogens with one attached hydrogen (secondary N) is 1. The highest BCUT2D eigenvalue weighted by molar-refractivity contribution is 7.07. The van der Waals surface area contributed by atoms with Crippen LogP contribution < -0.4 is 10.1 Å². The van der Waals surface area contributed by atoms with Crippen molar-refractivity contribution in [1.29, 1.82) is 0 Å². The number of rotatable bonds is 4. The molecule has 2 unspecified atom stereocenters. The lowest BCUT2D eigenvalue weighted by molar-refractivity contribution is -0.135. The zero-order valence-electron chi connectivity index (χ0n) is 14.8. The maximum Gasteiger partial charge on any atom is 0.234 e. The van der Waals surface area contributed by atoms with Crippen LogP contribution in [0.5, 0.6) is 5.75 Å². The fraction of sp³-hybridized carbons (Fsp3) is 0.476. The van der Waals surface area contributed by atoms with E-state index in [1.807, 2.05) is 24.3 Å². The molecule has 4 nitrogen and oxygen atoms in total. The van der Waals surface area contributed by atoms with E-state index in [9.17, 15) is 4.79 Å². The molecule has 1 aromatic carbocycles. The SMILES string of the molecule is O=C(C1COc2ccccc21)N(Cc1ccsc1)C1CC12CCNCC2. The van der Waals surface area contributed by atoms with Crippen LogP contribution in [0, 0.1) is 5.41 Å². The van der Waals surface area contributed by atoms with Gasteiger partial charge in [-0.05, 0) is 66.2 Å². The van der Waals surface area contributed by atoms with Crippen LogP contribution in [0.2, 0.25) is 0 Å². The zero-order valence-corrected chi connectivity index (χ0v) is 15.6. The molecule has 1 saturated heterocycles.